The van der Waals surface area contributed by atoms with E-state index in [-0.39, 0.29) is 5.91 Å². The van der Waals surface area contributed by atoms with Crippen molar-refractivity contribution in [1.82, 2.24) is 0 Å². The Labute approximate surface area is 178 Å². The molecule has 1 fully saturated rings. The van der Waals surface area contributed by atoms with E-state index in [0.29, 0.717) is 17.3 Å². The summed E-state index contributed by atoms with van der Waals surface area (Å²) < 4.78 is 5.92. The number of para-hydroxylation sites is 1. The number of hydrogen-bond acceptors (Lipinski definition) is 2. The number of benzene rings is 2. The molecule has 6 heteroatoms. The number of piperazine rings is 1. The van der Waals surface area contributed by atoms with Crippen LogP contribution in [0.1, 0.15) is 17.5 Å². The molecule has 1 aliphatic heterocycles. The van der Waals surface area contributed by atoms with Crippen LogP contribution >= 0.6 is 11.6 Å². The lowest BCUT2D eigenvalue weighted by Crippen LogP contribution is -3.28. The predicted molar refractivity (Wildman–Crippen MR) is 117 cm³/mol. The lowest BCUT2D eigenvalue weighted by Gasteiger charge is -2.29. The van der Waals surface area contributed by atoms with Gasteiger partial charge >= 0.3 is 0 Å². The molecule has 0 spiro atoms. The van der Waals surface area contributed by atoms with Gasteiger partial charge in [0, 0.05) is 6.42 Å². The lowest BCUT2D eigenvalue weighted by atomic mass is 10.1. The third kappa shape index (κ3) is 7.03. The molecule has 1 amide bonds. The number of halogens is 1. The van der Waals surface area contributed by atoms with Crippen LogP contribution in [0.15, 0.2) is 42.5 Å². The number of amides is 1. The smallest absolute Gasteiger partial charge is 0.279 e. The van der Waals surface area contributed by atoms with Crippen LogP contribution in [0, 0.1) is 13.8 Å². The summed E-state index contributed by atoms with van der Waals surface area (Å²) in [4.78, 5) is 15.2. The fourth-order valence-electron chi connectivity index (χ4n) is 3.90. The molecule has 0 unspecified atom stereocenters. The molecule has 5 nitrogen and oxygen atoms in total. The van der Waals surface area contributed by atoms with E-state index in [1.165, 1.54) is 16.0 Å². The molecule has 2 aromatic rings. The average Bonchev–Trinajstić information content (AvgIpc) is 2.67. The summed E-state index contributed by atoms with van der Waals surface area (Å²) in [5.41, 5.74) is 3.17. The van der Waals surface area contributed by atoms with Crippen LogP contribution in [-0.2, 0) is 4.79 Å². The zero-order valence-corrected chi connectivity index (χ0v) is 18.1. The summed E-state index contributed by atoms with van der Waals surface area (Å²) in [6, 6.07) is 13.7. The van der Waals surface area contributed by atoms with Gasteiger partial charge in [-0.15, -0.1) is 0 Å². The first-order valence-electron chi connectivity index (χ1n) is 10.4. The maximum Gasteiger partial charge on any atom is 0.279 e. The molecule has 1 aliphatic rings. The molecule has 3 N–H and O–H groups in total. The van der Waals surface area contributed by atoms with Gasteiger partial charge in [0.25, 0.3) is 5.91 Å². The van der Waals surface area contributed by atoms with Gasteiger partial charge in [-0.1, -0.05) is 29.8 Å². The summed E-state index contributed by atoms with van der Waals surface area (Å²) in [7, 11) is 0. The Bertz CT molecular complexity index is 799. The number of anilines is 1. The van der Waals surface area contributed by atoms with Crippen molar-refractivity contribution in [3.63, 3.8) is 0 Å². The SMILES string of the molecule is Cc1cc(C)cc(OCCC[NH+]2CC[NH+](CC(=O)Nc3ccccc3Cl)CC2)c1. The lowest BCUT2D eigenvalue weighted by molar-refractivity contribution is -1.01. The number of ether oxygens (including phenoxy) is 1. The standard InChI is InChI=1S/C23H30ClN3O2/c1-18-14-19(2)16-20(15-18)29-13-5-8-26-9-11-27(12-10-26)17-23(28)25-22-7-4-3-6-21(22)24/h3-4,6-7,14-16H,5,8-13,17H2,1-2H3,(H,25,28)/p+2. The van der Waals surface area contributed by atoms with Crippen molar-refractivity contribution in [2.24, 2.45) is 0 Å². The van der Waals surface area contributed by atoms with Crippen molar-refractivity contribution in [3.8, 4) is 5.75 Å². The molecule has 0 saturated carbocycles. The minimum Gasteiger partial charge on any atom is -0.493 e. The van der Waals surface area contributed by atoms with Crippen molar-refractivity contribution in [3.05, 3.63) is 58.6 Å². The Hall–Kier alpha value is -2.08. The van der Waals surface area contributed by atoms with E-state index in [1.807, 2.05) is 18.2 Å². The first-order valence-corrected chi connectivity index (χ1v) is 10.8. The minimum absolute atomic E-state index is 0.0263. The average molecular weight is 418 g/mol. The van der Waals surface area contributed by atoms with Crippen molar-refractivity contribution < 1.29 is 19.3 Å². The number of nitrogens with one attached hydrogen (secondary N) is 3. The van der Waals surface area contributed by atoms with Gasteiger partial charge in [-0.05, 0) is 49.2 Å². The van der Waals surface area contributed by atoms with Gasteiger partial charge in [0.1, 0.15) is 31.9 Å². The fraction of sp³-hybridized carbons (Fsp3) is 0.435. The molecule has 1 saturated heterocycles. The monoisotopic (exact) mass is 417 g/mol. The third-order valence-corrected chi connectivity index (χ3v) is 5.69. The molecule has 0 bridgehead atoms. The highest BCUT2D eigenvalue weighted by Crippen LogP contribution is 2.20. The van der Waals surface area contributed by atoms with E-state index in [2.05, 4.69) is 37.4 Å². The number of carbonyl (C=O) groups is 1. The van der Waals surface area contributed by atoms with Crippen molar-refractivity contribution in [2.45, 2.75) is 20.3 Å². The molecular formula is C23H32ClN3O2+2. The van der Waals surface area contributed by atoms with Crippen LogP contribution in [0.25, 0.3) is 0 Å². The topological polar surface area (TPSA) is 47.2 Å². The number of carbonyl (C=O) groups excluding carboxylic acids is 1. The Balaban J connectivity index is 1.32. The second kappa shape index (κ2) is 10.6. The normalized spacial score (nSPS) is 19.0. The largest absolute Gasteiger partial charge is 0.493 e. The molecule has 29 heavy (non-hydrogen) atoms. The highest BCUT2D eigenvalue weighted by Gasteiger charge is 2.24. The van der Waals surface area contributed by atoms with Crippen LogP contribution < -0.4 is 19.9 Å². The predicted octanol–water partition coefficient (Wildman–Crippen LogP) is 1.15. The van der Waals surface area contributed by atoms with E-state index in [0.717, 1.165) is 51.5 Å². The van der Waals surface area contributed by atoms with Gasteiger partial charge in [-0.25, -0.2) is 0 Å². The maximum absolute atomic E-state index is 12.3. The van der Waals surface area contributed by atoms with E-state index < -0.39 is 0 Å². The first kappa shape index (κ1) is 21.6. The summed E-state index contributed by atoms with van der Waals surface area (Å²) in [5, 5.41) is 3.50. The fourth-order valence-corrected chi connectivity index (χ4v) is 4.08. The first-order chi connectivity index (χ1) is 14.0. The molecule has 0 aliphatic carbocycles. The zero-order valence-electron chi connectivity index (χ0n) is 17.4. The maximum atomic E-state index is 12.3. The van der Waals surface area contributed by atoms with E-state index in [4.69, 9.17) is 16.3 Å². The Morgan fingerprint density at radius 2 is 1.69 bits per heavy atom. The van der Waals surface area contributed by atoms with Crippen LogP contribution in [-0.4, -0.2) is 51.8 Å². The highest BCUT2D eigenvalue weighted by atomic mass is 35.5. The van der Waals surface area contributed by atoms with Crippen molar-refractivity contribution in [1.29, 1.82) is 0 Å². The van der Waals surface area contributed by atoms with Crippen LogP contribution in [0.2, 0.25) is 5.02 Å². The molecule has 3 rings (SSSR count). The molecule has 156 valence electrons. The van der Waals surface area contributed by atoms with Crippen LogP contribution in [0.4, 0.5) is 5.69 Å². The Kier molecular flexibility index (Phi) is 7.92. The number of aryl methyl sites for hydroxylation is 2. The van der Waals surface area contributed by atoms with Gasteiger partial charge in [0.2, 0.25) is 0 Å². The van der Waals surface area contributed by atoms with E-state index >= 15 is 0 Å². The van der Waals surface area contributed by atoms with Gasteiger partial charge in [-0.2, -0.15) is 0 Å². The van der Waals surface area contributed by atoms with Gasteiger partial charge in [0.15, 0.2) is 6.54 Å². The molecule has 0 radical (unpaired) electrons. The molecular weight excluding hydrogens is 386 g/mol. The van der Waals surface area contributed by atoms with Crippen LogP contribution in [0.5, 0.6) is 5.75 Å². The molecule has 1 heterocycles. The summed E-state index contributed by atoms with van der Waals surface area (Å²) in [5.74, 6) is 0.995. The quantitative estimate of drug-likeness (QED) is 0.564. The summed E-state index contributed by atoms with van der Waals surface area (Å²) in [6.45, 7) is 10.8. The van der Waals surface area contributed by atoms with Crippen LogP contribution in [0.3, 0.4) is 0 Å². The summed E-state index contributed by atoms with van der Waals surface area (Å²) in [6.07, 6.45) is 1.05. The minimum atomic E-state index is 0.0263. The van der Waals surface area contributed by atoms with Crippen molar-refractivity contribution >= 4 is 23.2 Å². The number of rotatable bonds is 8. The summed E-state index contributed by atoms with van der Waals surface area (Å²) >= 11 is 6.11. The molecule has 0 atom stereocenters. The number of quaternary nitrogens is 2. The zero-order chi connectivity index (χ0) is 20.6. The van der Waals surface area contributed by atoms with Gasteiger partial charge in [0.05, 0.1) is 23.9 Å². The van der Waals surface area contributed by atoms with E-state index in [1.54, 1.807) is 11.0 Å². The Morgan fingerprint density at radius 3 is 2.38 bits per heavy atom. The van der Waals surface area contributed by atoms with E-state index in [9.17, 15) is 4.79 Å². The number of hydrogen-bond donors (Lipinski definition) is 3. The molecule has 0 aromatic heterocycles. The Morgan fingerprint density at radius 1 is 1.03 bits per heavy atom. The van der Waals surface area contributed by atoms with Gasteiger partial charge < -0.3 is 19.9 Å². The molecule has 2 aromatic carbocycles. The third-order valence-electron chi connectivity index (χ3n) is 5.36. The van der Waals surface area contributed by atoms with Gasteiger partial charge in [-0.3, -0.25) is 4.79 Å². The second-order valence-corrected chi connectivity index (χ2v) is 8.39. The van der Waals surface area contributed by atoms with Crippen molar-refractivity contribution in [2.75, 3.05) is 51.2 Å². The second-order valence-electron chi connectivity index (χ2n) is 7.98. The highest BCUT2D eigenvalue weighted by molar-refractivity contribution is 6.33.